The van der Waals surface area contributed by atoms with Gasteiger partial charge in [0.1, 0.15) is 5.82 Å². The molecule has 1 saturated heterocycles. The Bertz CT molecular complexity index is 372. The van der Waals surface area contributed by atoms with Gasteiger partial charge in [0, 0.05) is 41.8 Å². The van der Waals surface area contributed by atoms with Crippen LogP contribution in [0.4, 0.5) is 4.39 Å². The van der Waals surface area contributed by atoms with E-state index in [-0.39, 0.29) is 18.2 Å². The first kappa shape index (κ1) is 15.9. The largest absolute Gasteiger partial charge is 0.314 e. The minimum atomic E-state index is -0.127. The highest BCUT2D eigenvalue weighted by atomic mass is 79.9. The Balaban J connectivity index is 0.00000162. The standard InChI is InChI=1S/C13H18BrFN2.ClH/c1-9-6-16-7-10(2)17(9)8-11-12(14)4-3-5-13(11)15;/h3-5,9-10,16H,6-8H2,1-2H3;1H/t9-,10+;. The molecule has 1 aliphatic rings. The van der Waals surface area contributed by atoms with Crippen LogP contribution in [-0.2, 0) is 6.54 Å². The van der Waals surface area contributed by atoms with Crippen LogP contribution >= 0.6 is 28.3 Å². The van der Waals surface area contributed by atoms with Gasteiger partial charge in [-0.2, -0.15) is 0 Å². The molecule has 1 aromatic rings. The smallest absolute Gasteiger partial charge is 0.128 e. The van der Waals surface area contributed by atoms with E-state index in [4.69, 9.17) is 0 Å². The van der Waals surface area contributed by atoms with Crippen LogP contribution in [0.5, 0.6) is 0 Å². The highest BCUT2D eigenvalue weighted by molar-refractivity contribution is 9.10. The summed E-state index contributed by atoms with van der Waals surface area (Å²) in [5.41, 5.74) is 0.758. The topological polar surface area (TPSA) is 15.3 Å². The van der Waals surface area contributed by atoms with Crippen LogP contribution in [0.2, 0.25) is 0 Å². The van der Waals surface area contributed by atoms with Crippen LogP contribution in [0, 0.1) is 5.82 Å². The number of nitrogens with one attached hydrogen (secondary N) is 1. The molecule has 0 saturated carbocycles. The summed E-state index contributed by atoms with van der Waals surface area (Å²) >= 11 is 3.43. The molecule has 0 aliphatic carbocycles. The maximum atomic E-state index is 13.8. The molecule has 0 amide bonds. The van der Waals surface area contributed by atoms with E-state index in [0.29, 0.717) is 18.6 Å². The molecule has 0 bridgehead atoms. The zero-order valence-corrected chi connectivity index (χ0v) is 13.0. The molecule has 1 N–H and O–H groups in total. The Kier molecular flexibility index (Phi) is 6.05. The van der Waals surface area contributed by atoms with Crippen molar-refractivity contribution in [1.82, 2.24) is 10.2 Å². The predicted molar refractivity (Wildman–Crippen MR) is 78.7 cm³/mol. The predicted octanol–water partition coefficient (Wildman–Crippen LogP) is 3.19. The average Bonchev–Trinajstić information content (AvgIpc) is 2.27. The summed E-state index contributed by atoms with van der Waals surface area (Å²) < 4.78 is 14.6. The second-order valence-corrected chi connectivity index (χ2v) is 5.58. The zero-order valence-electron chi connectivity index (χ0n) is 10.6. The van der Waals surface area contributed by atoms with E-state index < -0.39 is 0 Å². The van der Waals surface area contributed by atoms with Crippen molar-refractivity contribution < 1.29 is 4.39 Å². The van der Waals surface area contributed by atoms with E-state index in [1.807, 2.05) is 6.07 Å². The van der Waals surface area contributed by atoms with Gasteiger partial charge in [0.25, 0.3) is 0 Å². The lowest BCUT2D eigenvalue weighted by Gasteiger charge is -2.39. The molecule has 0 unspecified atom stereocenters. The van der Waals surface area contributed by atoms with Crippen LogP contribution in [-0.4, -0.2) is 30.1 Å². The Morgan fingerprint density at radius 1 is 1.33 bits per heavy atom. The van der Waals surface area contributed by atoms with Gasteiger partial charge in [-0.3, -0.25) is 4.90 Å². The summed E-state index contributed by atoms with van der Waals surface area (Å²) in [7, 11) is 0. The van der Waals surface area contributed by atoms with Crippen molar-refractivity contribution in [3.05, 3.63) is 34.1 Å². The highest BCUT2D eigenvalue weighted by Crippen LogP contribution is 2.23. The van der Waals surface area contributed by atoms with E-state index in [0.717, 1.165) is 23.1 Å². The fourth-order valence-electron chi connectivity index (χ4n) is 2.35. The van der Waals surface area contributed by atoms with E-state index in [2.05, 4.69) is 40.0 Å². The van der Waals surface area contributed by atoms with E-state index in [9.17, 15) is 4.39 Å². The van der Waals surface area contributed by atoms with Crippen LogP contribution in [0.15, 0.2) is 22.7 Å². The number of hydrogen-bond donors (Lipinski definition) is 1. The summed E-state index contributed by atoms with van der Waals surface area (Å²) in [5, 5.41) is 3.38. The molecule has 1 aromatic carbocycles. The molecule has 0 aromatic heterocycles. The molecule has 5 heteroatoms. The number of hydrogen-bond acceptors (Lipinski definition) is 2. The van der Waals surface area contributed by atoms with Gasteiger partial charge >= 0.3 is 0 Å². The first-order chi connectivity index (χ1) is 8.09. The maximum Gasteiger partial charge on any atom is 0.128 e. The summed E-state index contributed by atoms with van der Waals surface area (Å²) in [4.78, 5) is 2.35. The second kappa shape index (κ2) is 6.85. The summed E-state index contributed by atoms with van der Waals surface area (Å²) in [6.45, 7) is 6.96. The Morgan fingerprint density at radius 3 is 2.50 bits per heavy atom. The highest BCUT2D eigenvalue weighted by Gasteiger charge is 2.25. The number of rotatable bonds is 2. The molecule has 1 aliphatic heterocycles. The zero-order chi connectivity index (χ0) is 12.4. The van der Waals surface area contributed by atoms with E-state index in [1.54, 1.807) is 6.07 Å². The Hall–Kier alpha value is -0.160. The minimum Gasteiger partial charge on any atom is -0.314 e. The summed E-state index contributed by atoms with van der Waals surface area (Å²) in [5.74, 6) is -0.127. The normalized spacial score (nSPS) is 24.7. The third-order valence-electron chi connectivity index (χ3n) is 3.41. The Morgan fingerprint density at radius 2 is 1.94 bits per heavy atom. The van der Waals surface area contributed by atoms with Crippen LogP contribution < -0.4 is 5.32 Å². The van der Waals surface area contributed by atoms with Gasteiger partial charge in [-0.15, -0.1) is 12.4 Å². The number of nitrogens with zero attached hydrogens (tertiary/aromatic N) is 1. The maximum absolute atomic E-state index is 13.8. The SMILES string of the molecule is C[C@@H]1CNC[C@H](C)N1Cc1c(F)cccc1Br.Cl. The first-order valence-corrected chi connectivity index (χ1v) is 6.78. The third-order valence-corrected chi connectivity index (χ3v) is 4.16. The van der Waals surface area contributed by atoms with Gasteiger partial charge in [-0.1, -0.05) is 22.0 Å². The lowest BCUT2D eigenvalue weighted by molar-refractivity contribution is 0.107. The minimum absolute atomic E-state index is 0. The summed E-state index contributed by atoms with van der Waals surface area (Å²) in [6.07, 6.45) is 0. The number of piperazine rings is 1. The van der Waals surface area contributed by atoms with Crippen molar-refractivity contribution >= 4 is 28.3 Å². The molecular formula is C13H19BrClFN2. The van der Waals surface area contributed by atoms with Gasteiger partial charge in [-0.25, -0.2) is 4.39 Å². The second-order valence-electron chi connectivity index (χ2n) is 4.73. The van der Waals surface area contributed by atoms with Crippen LogP contribution in [0.1, 0.15) is 19.4 Å². The fourth-order valence-corrected chi connectivity index (χ4v) is 2.82. The third kappa shape index (κ3) is 3.44. The van der Waals surface area contributed by atoms with Crippen molar-refractivity contribution in [1.29, 1.82) is 0 Å². The van der Waals surface area contributed by atoms with Crippen molar-refractivity contribution in [2.24, 2.45) is 0 Å². The number of benzene rings is 1. The summed E-state index contributed by atoms with van der Waals surface area (Å²) in [6, 6.07) is 6.02. The molecule has 2 atom stereocenters. The molecule has 2 rings (SSSR count). The molecule has 1 heterocycles. The monoisotopic (exact) mass is 336 g/mol. The quantitative estimate of drug-likeness (QED) is 0.891. The number of halogens is 3. The van der Waals surface area contributed by atoms with Crippen molar-refractivity contribution in [2.75, 3.05) is 13.1 Å². The first-order valence-electron chi connectivity index (χ1n) is 5.99. The van der Waals surface area contributed by atoms with Gasteiger partial charge in [0.15, 0.2) is 0 Å². The van der Waals surface area contributed by atoms with Crippen LogP contribution in [0.25, 0.3) is 0 Å². The van der Waals surface area contributed by atoms with Gasteiger partial charge in [-0.05, 0) is 26.0 Å². The van der Waals surface area contributed by atoms with Crippen molar-refractivity contribution in [3.8, 4) is 0 Å². The Labute approximate surface area is 122 Å². The average molecular weight is 338 g/mol. The lowest BCUT2D eigenvalue weighted by Crippen LogP contribution is -2.54. The van der Waals surface area contributed by atoms with Gasteiger partial charge in [0.05, 0.1) is 0 Å². The molecular weight excluding hydrogens is 319 g/mol. The van der Waals surface area contributed by atoms with Crippen LogP contribution in [0.3, 0.4) is 0 Å². The molecule has 0 spiro atoms. The molecule has 1 fully saturated rings. The van der Waals surface area contributed by atoms with E-state index >= 15 is 0 Å². The van der Waals surface area contributed by atoms with Crippen molar-refractivity contribution in [2.45, 2.75) is 32.5 Å². The lowest BCUT2D eigenvalue weighted by atomic mass is 10.1. The van der Waals surface area contributed by atoms with Gasteiger partial charge in [0.2, 0.25) is 0 Å². The van der Waals surface area contributed by atoms with Crippen molar-refractivity contribution in [3.63, 3.8) is 0 Å². The molecule has 18 heavy (non-hydrogen) atoms. The van der Waals surface area contributed by atoms with Gasteiger partial charge < -0.3 is 5.32 Å². The molecule has 2 nitrogen and oxygen atoms in total. The van der Waals surface area contributed by atoms with E-state index in [1.165, 1.54) is 6.07 Å². The molecule has 102 valence electrons. The fraction of sp³-hybridized carbons (Fsp3) is 0.538. The molecule has 0 radical (unpaired) electrons.